The first kappa shape index (κ1) is 17.9. The summed E-state index contributed by atoms with van der Waals surface area (Å²) in [7, 11) is -4.53. The van der Waals surface area contributed by atoms with Gasteiger partial charge in [-0.05, 0) is 37.6 Å². The number of aliphatic hydroxyl groups is 1. The van der Waals surface area contributed by atoms with Gasteiger partial charge < -0.3 is 5.11 Å². The molecule has 0 amide bonds. The van der Waals surface area contributed by atoms with Crippen molar-refractivity contribution in [1.29, 1.82) is 0 Å². The summed E-state index contributed by atoms with van der Waals surface area (Å²) in [5.74, 6) is 5.65. The Morgan fingerprint density at radius 2 is 1.95 bits per heavy atom. The molecule has 0 saturated heterocycles. The van der Waals surface area contributed by atoms with Crippen molar-refractivity contribution in [2.45, 2.75) is 24.3 Å². The second kappa shape index (κ2) is 8.29. The van der Waals surface area contributed by atoms with Crippen molar-refractivity contribution in [2.24, 2.45) is 0 Å². The first-order valence-corrected chi connectivity index (χ1v) is 9.58. The normalized spacial score (nSPS) is 14.0. The van der Waals surface area contributed by atoms with Gasteiger partial charge in [0.15, 0.2) is 0 Å². The van der Waals surface area contributed by atoms with Gasteiger partial charge in [0.2, 0.25) is 10.0 Å². The minimum absolute atomic E-state index is 0.154. The fourth-order valence-corrected chi connectivity index (χ4v) is 3.56. The van der Waals surface area contributed by atoms with Crippen LogP contribution in [0, 0.1) is 11.8 Å². The zero-order valence-corrected chi connectivity index (χ0v) is 13.6. The maximum atomic E-state index is 12.1. The molecule has 0 spiro atoms. The Hall–Kier alpha value is -1.20. The number of aliphatic hydroxyl groups excluding tert-OH is 1. The van der Waals surface area contributed by atoms with Crippen LogP contribution < -0.4 is 4.72 Å². The predicted molar refractivity (Wildman–Crippen MR) is 83.7 cm³/mol. The smallest absolute Gasteiger partial charge is 0.240 e. The molecule has 1 rings (SSSR count). The Balaban J connectivity index is 2.76. The zero-order chi connectivity index (χ0) is 15.9. The van der Waals surface area contributed by atoms with Crippen molar-refractivity contribution < 1.29 is 17.7 Å². The summed E-state index contributed by atoms with van der Waals surface area (Å²) in [4.78, 5) is 0.154. The van der Waals surface area contributed by atoms with E-state index in [9.17, 15) is 12.6 Å². The quantitative estimate of drug-likeness (QED) is 0.743. The lowest BCUT2D eigenvalue weighted by Gasteiger charge is -2.13. The van der Waals surface area contributed by atoms with Crippen LogP contribution in [0.3, 0.4) is 0 Å². The summed E-state index contributed by atoms with van der Waals surface area (Å²) in [5, 5.41) is 8.60. The first-order valence-electron chi connectivity index (χ1n) is 6.37. The fourth-order valence-electron chi connectivity index (χ4n) is 1.59. The van der Waals surface area contributed by atoms with Crippen LogP contribution in [0.4, 0.5) is 0 Å². The highest BCUT2D eigenvalue weighted by Gasteiger charge is 2.17. The van der Waals surface area contributed by atoms with Gasteiger partial charge in [0.1, 0.15) is 6.61 Å². The van der Waals surface area contributed by atoms with E-state index in [1.807, 2.05) is 0 Å². The molecule has 2 atom stereocenters. The summed E-state index contributed by atoms with van der Waals surface area (Å²) in [6, 6.07) is 5.82. The van der Waals surface area contributed by atoms with Crippen LogP contribution in [0.25, 0.3) is 0 Å². The molecule has 7 heteroatoms. The molecule has 1 aromatic rings. The Kier molecular flexibility index (Phi) is 7.05. The van der Waals surface area contributed by atoms with Crippen molar-refractivity contribution in [3.8, 4) is 11.8 Å². The highest BCUT2D eigenvalue weighted by Crippen LogP contribution is 2.11. The lowest BCUT2D eigenvalue weighted by atomic mass is 10.2. The van der Waals surface area contributed by atoms with Crippen molar-refractivity contribution in [1.82, 2.24) is 4.72 Å². The molecule has 2 N–H and O–H groups in total. The van der Waals surface area contributed by atoms with Gasteiger partial charge >= 0.3 is 0 Å². The molecule has 5 nitrogen and oxygen atoms in total. The van der Waals surface area contributed by atoms with E-state index in [1.54, 1.807) is 25.3 Å². The van der Waals surface area contributed by atoms with E-state index < -0.39 is 20.8 Å². The van der Waals surface area contributed by atoms with Crippen LogP contribution in [0.2, 0.25) is 0 Å². The van der Waals surface area contributed by atoms with Crippen LogP contribution in [-0.2, 0) is 20.8 Å². The van der Waals surface area contributed by atoms with Gasteiger partial charge in [0, 0.05) is 34.4 Å². The number of sulfonamides is 1. The zero-order valence-electron chi connectivity index (χ0n) is 12.0. The van der Waals surface area contributed by atoms with E-state index in [1.165, 1.54) is 12.1 Å². The Morgan fingerprint density at radius 1 is 1.33 bits per heavy atom. The maximum absolute atomic E-state index is 12.1. The number of hydrogen-bond acceptors (Lipinski definition) is 4. The van der Waals surface area contributed by atoms with Gasteiger partial charge in [-0.2, -0.15) is 0 Å². The lowest BCUT2D eigenvalue weighted by Crippen LogP contribution is -2.33. The summed E-state index contributed by atoms with van der Waals surface area (Å²) in [5.41, 5.74) is 0.637. The van der Waals surface area contributed by atoms with E-state index in [-0.39, 0.29) is 17.5 Å². The van der Waals surface area contributed by atoms with Crippen LogP contribution in [0.5, 0.6) is 0 Å². The van der Waals surface area contributed by atoms with Crippen LogP contribution in [0.15, 0.2) is 29.2 Å². The number of rotatable bonds is 6. The van der Waals surface area contributed by atoms with E-state index in [0.29, 0.717) is 17.7 Å². The monoisotopic (exact) mass is 329 g/mol. The first-order chi connectivity index (χ1) is 9.85. The molecule has 2 unspecified atom stereocenters. The van der Waals surface area contributed by atoms with E-state index in [0.717, 1.165) is 0 Å². The molecule has 0 radical (unpaired) electrons. The van der Waals surface area contributed by atoms with Gasteiger partial charge in [-0.25, -0.2) is 13.1 Å². The summed E-state index contributed by atoms with van der Waals surface area (Å²) >= 11 is 0. The Bertz CT molecular complexity index is 642. The topological polar surface area (TPSA) is 83.5 Å². The van der Waals surface area contributed by atoms with Crippen LogP contribution >= 0.6 is 0 Å². The summed E-state index contributed by atoms with van der Waals surface area (Å²) in [6.07, 6.45) is 2.11. The van der Waals surface area contributed by atoms with Crippen LogP contribution in [0.1, 0.15) is 18.9 Å². The highest BCUT2D eigenvalue weighted by molar-refractivity contribution is 7.89. The van der Waals surface area contributed by atoms with Crippen molar-refractivity contribution in [3.63, 3.8) is 0 Å². The number of benzene rings is 1. The number of nitrogens with one attached hydrogen (secondary N) is 1. The average Bonchev–Trinajstić information content (AvgIpc) is 2.43. The van der Waals surface area contributed by atoms with E-state index >= 15 is 0 Å². The van der Waals surface area contributed by atoms with Crippen molar-refractivity contribution >= 4 is 20.8 Å². The minimum Gasteiger partial charge on any atom is -0.384 e. The van der Waals surface area contributed by atoms with Crippen molar-refractivity contribution in [2.75, 3.05) is 18.6 Å². The van der Waals surface area contributed by atoms with E-state index in [4.69, 9.17) is 5.11 Å². The molecule has 21 heavy (non-hydrogen) atoms. The third-order valence-corrected chi connectivity index (χ3v) is 5.09. The second-order valence-corrected chi connectivity index (χ2v) is 7.84. The predicted octanol–water partition coefficient (Wildman–Crippen LogP) is 0.466. The van der Waals surface area contributed by atoms with Gasteiger partial charge in [0.05, 0.1) is 4.90 Å². The molecule has 0 saturated carbocycles. The SMILES string of the molecule is CC(CCS(C)=O)NS(=O)(=O)c1ccc(C#CCO)cc1. The minimum atomic E-state index is -3.59. The lowest BCUT2D eigenvalue weighted by molar-refractivity contribution is 0.350. The second-order valence-electron chi connectivity index (χ2n) is 4.57. The number of hydrogen-bond donors (Lipinski definition) is 2. The molecular weight excluding hydrogens is 310 g/mol. The van der Waals surface area contributed by atoms with Gasteiger partial charge in [-0.1, -0.05) is 11.8 Å². The summed E-state index contributed by atoms with van der Waals surface area (Å²) < 4.78 is 37.9. The molecule has 0 bridgehead atoms. The molecule has 1 aromatic carbocycles. The highest BCUT2D eigenvalue weighted by atomic mass is 32.2. The molecular formula is C14H19NO4S2. The third kappa shape index (κ3) is 6.40. The molecule has 0 aliphatic rings. The summed E-state index contributed by atoms with van der Waals surface area (Å²) in [6.45, 7) is 1.50. The Labute approximate surface area is 128 Å². The molecule has 0 fully saturated rings. The van der Waals surface area contributed by atoms with Crippen molar-refractivity contribution in [3.05, 3.63) is 29.8 Å². The third-order valence-electron chi connectivity index (χ3n) is 2.67. The average molecular weight is 329 g/mol. The van der Waals surface area contributed by atoms with Crippen LogP contribution in [-0.4, -0.2) is 42.4 Å². The van der Waals surface area contributed by atoms with Gasteiger partial charge in [0.25, 0.3) is 0 Å². The van der Waals surface area contributed by atoms with Gasteiger partial charge in [-0.15, -0.1) is 0 Å². The molecule has 0 heterocycles. The van der Waals surface area contributed by atoms with E-state index in [2.05, 4.69) is 16.6 Å². The molecule has 116 valence electrons. The fraction of sp³-hybridized carbons (Fsp3) is 0.429. The standard InChI is InChI=1S/C14H19NO4S2/c1-12(9-11-20(2)17)15-21(18,19)14-7-5-13(6-8-14)4-3-10-16/h5-8,12,15-16H,9-11H2,1-2H3. The maximum Gasteiger partial charge on any atom is 0.240 e. The Morgan fingerprint density at radius 3 is 2.48 bits per heavy atom. The molecule has 0 aliphatic heterocycles. The largest absolute Gasteiger partial charge is 0.384 e. The molecule has 0 aliphatic carbocycles. The van der Waals surface area contributed by atoms with Gasteiger partial charge in [-0.3, -0.25) is 4.21 Å². The molecule has 0 aromatic heterocycles.